The van der Waals surface area contributed by atoms with Crippen molar-refractivity contribution >= 4 is 21.8 Å². The van der Waals surface area contributed by atoms with E-state index in [-0.39, 0.29) is 12.5 Å². The van der Waals surface area contributed by atoms with Crippen molar-refractivity contribution in [3.05, 3.63) is 28.2 Å². The van der Waals surface area contributed by atoms with Crippen molar-refractivity contribution in [1.29, 1.82) is 0 Å². The van der Waals surface area contributed by atoms with Crippen LogP contribution in [0.5, 0.6) is 5.75 Å². The summed E-state index contributed by atoms with van der Waals surface area (Å²) in [5, 5.41) is 9.73. The third-order valence-corrected chi connectivity index (χ3v) is 3.63. The lowest BCUT2D eigenvalue weighted by molar-refractivity contribution is -0.137. The molecule has 1 aliphatic rings. The number of ether oxygens (including phenoxy) is 2. The molecule has 0 saturated carbocycles. The van der Waals surface area contributed by atoms with Gasteiger partial charge in [0.05, 0.1) is 19.3 Å². The van der Waals surface area contributed by atoms with Gasteiger partial charge in [-0.3, -0.25) is 4.79 Å². The normalized spacial score (nSPS) is 16.9. The fraction of sp³-hybridized carbons (Fsp3) is 0.500. The van der Waals surface area contributed by atoms with Crippen molar-refractivity contribution in [2.24, 2.45) is 0 Å². The summed E-state index contributed by atoms with van der Waals surface area (Å²) in [6.45, 7) is 3.99. The summed E-state index contributed by atoms with van der Waals surface area (Å²) in [5.74, 6) is 0.470. The lowest BCUT2D eigenvalue weighted by Crippen LogP contribution is -2.43. The first-order chi connectivity index (χ1) is 9.58. The molecular weight excluding hydrogens is 326 g/mol. The summed E-state index contributed by atoms with van der Waals surface area (Å²) in [7, 11) is 0. The number of hydrogen-bond acceptors (Lipinski definition) is 4. The van der Waals surface area contributed by atoms with Crippen LogP contribution in [0.1, 0.15) is 18.6 Å². The van der Waals surface area contributed by atoms with Crippen LogP contribution in [0.25, 0.3) is 0 Å². The zero-order chi connectivity index (χ0) is 14.5. The molecule has 1 heterocycles. The van der Waals surface area contributed by atoms with Gasteiger partial charge < -0.3 is 19.5 Å². The zero-order valence-electron chi connectivity index (χ0n) is 11.3. The Hall–Kier alpha value is -1.11. The lowest BCUT2D eigenvalue weighted by Gasteiger charge is -2.27. The molecule has 1 amide bonds. The highest BCUT2D eigenvalue weighted by molar-refractivity contribution is 9.10. The summed E-state index contributed by atoms with van der Waals surface area (Å²) < 4.78 is 11.6. The lowest BCUT2D eigenvalue weighted by atomic mass is 10.1. The number of hydrogen-bond donors (Lipinski definition) is 1. The molecule has 0 aromatic heterocycles. The van der Waals surface area contributed by atoms with Gasteiger partial charge in [0.2, 0.25) is 0 Å². The minimum Gasteiger partial charge on any atom is -0.483 e. The van der Waals surface area contributed by atoms with Crippen LogP contribution >= 0.6 is 15.9 Å². The number of nitrogens with zero attached hydrogens (tertiary/aromatic N) is 1. The van der Waals surface area contributed by atoms with Gasteiger partial charge in [-0.2, -0.15) is 0 Å². The maximum absolute atomic E-state index is 12.0. The molecule has 2 rings (SSSR count). The monoisotopic (exact) mass is 343 g/mol. The van der Waals surface area contributed by atoms with Crippen molar-refractivity contribution < 1.29 is 19.4 Å². The Bertz CT molecular complexity index is 472. The van der Waals surface area contributed by atoms with E-state index in [0.29, 0.717) is 37.6 Å². The number of benzene rings is 1. The maximum Gasteiger partial charge on any atom is 0.260 e. The van der Waals surface area contributed by atoms with Crippen LogP contribution in [0.4, 0.5) is 0 Å². The number of halogens is 1. The van der Waals surface area contributed by atoms with Gasteiger partial charge in [0.25, 0.3) is 5.91 Å². The van der Waals surface area contributed by atoms with E-state index in [4.69, 9.17) is 9.47 Å². The molecule has 1 aliphatic heterocycles. The van der Waals surface area contributed by atoms with Crippen LogP contribution in [0.2, 0.25) is 0 Å². The molecule has 0 aliphatic carbocycles. The summed E-state index contributed by atoms with van der Waals surface area (Å²) >= 11 is 3.35. The summed E-state index contributed by atoms with van der Waals surface area (Å²) in [6, 6.07) is 5.36. The first kappa shape index (κ1) is 15.3. The molecule has 0 bridgehead atoms. The molecule has 20 heavy (non-hydrogen) atoms. The second kappa shape index (κ2) is 7.06. The zero-order valence-corrected chi connectivity index (χ0v) is 12.9. The molecule has 1 fully saturated rings. The van der Waals surface area contributed by atoms with E-state index in [1.165, 1.54) is 0 Å². The molecule has 1 aromatic rings. The highest BCUT2D eigenvalue weighted by Crippen LogP contribution is 2.28. The number of rotatable bonds is 4. The number of carbonyl (C=O) groups is 1. The van der Waals surface area contributed by atoms with Crippen molar-refractivity contribution in [3.63, 3.8) is 0 Å². The second-order valence-corrected chi connectivity index (χ2v) is 5.56. The van der Waals surface area contributed by atoms with Gasteiger partial charge in [-0.15, -0.1) is 0 Å². The van der Waals surface area contributed by atoms with Gasteiger partial charge in [0.15, 0.2) is 6.61 Å². The Kier molecular flexibility index (Phi) is 5.39. The highest BCUT2D eigenvalue weighted by atomic mass is 79.9. The number of carbonyl (C=O) groups excluding carboxylic acids is 1. The Morgan fingerprint density at radius 2 is 2.20 bits per heavy atom. The van der Waals surface area contributed by atoms with Gasteiger partial charge in [-0.05, 0) is 25.1 Å². The topological polar surface area (TPSA) is 59.0 Å². The third kappa shape index (κ3) is 3.94. The third-order valence-electron chi connectivity index (χ3n) is 3.14. The molecule has 1 N–H and O–H groups in total. The van der Waals surface area contributed by atoms with E-state index in [2.05, 4.69) is 15.9 Å². The predicted octanol–water partition coefficient (Wildman–Crippen LogP) is 1.74. The van der Waals surface area contributed by atoms with Crippen molar-refractivity contribution in [2.75, 3.05) is 32.9 Å². The molecule has 0 spiro atoms. The maximum atomic E-state index is 12.0. The van der Waals surface area contributed by atoms with E-state index >= 15 is 0 Å². The molecule has 0 radical (unpaired) electrons. The van der Waals surface area contributed by atoms with E-state index in [1.807, 2.05) is 6.07 Å². The van der Waals surface area contributed by atoms with Gasteiger partial charge in [-0.1, -0.05) is 15.9 Å². The van der Waals surface area contributed by atoms with E-state index in [1.54, 1.807) is 24.0 Å². The van der Waals surface area contributed by atoms with Gasteiger partial charge >= 0.3 is 0 Å². The average molecular weight is 344 g/mol. The Morgan fingerprint density at radius 3 is 2.85 bits per heavy atom. The second-order valence-electron chi connectivity index (χ2n) is 4.64. The minimum absolute atomic E-state index is 0.0264. The quantitative estimate of drug-likeness (QED) is 0.904. The molecular formula is C14H18BrNO4. The van der Waals surface area contributed by atoms with Gasteiger partial charge in [0.1, 0.15) is 5.75 Å². The van der Waals surface area contributed by atoms with Crippen LogP contribution in [0.15, 0.2) is 22.7 Å². The van der Waals surface area contributed by atoms with Crippen molar-refractivity contribution in [2.45, 2.75) is 13.0 Å². The highest BCUT2D eigenvalue weighted by Gasteiger charge is 2.18. The largest absolute Gasteiger partial charge is 0.483 e. The van der Waals surface area contributed by atoms with E-state index in [0.717, 1.165) is 4.47 Å². The van der Waals surface area contributed by atoms with Crippen LogP contribution in [0, 0.1) is 0 Å². The average Bonchev–Trinajstić information content (AvgIpc) is 2.46. The summed E-state index contributed by atoms with van der Waals surface area (Å²) in [6.07, 6.45) is -0.652. The van der Waals surface area contributed by atoms with Crippen molar-refractivity contribution in [1.82, 2.24) is 4.90 Å². The molecule has 1 atom stereocenters. The van der Waals surface area contributed by atoms with Crippen LogP contribution < -0.4 is 4.74 Å². The van der Waals surface area contributed by atoms with Gasteiger partial charge in [0, 0.05) is 23.1 Å². The fourth-order valence-electron chi connectivity index (χ4n) is 2.02. The number of aliphatic hydroxyl groups is 1. The molecule has 1 saturated heterocycles. The molecule has 1 aromatic carbocycles. The van der Waals surface area contributed by atoms with Crippen LogP contribution in [0.3, 0.4) is 0 Å². The number of amides is 1. The summed E-state index contributed by atoms with van der Waals surface area (Å²) in [4.78, 5) is 13.7. The predicted molar refractivity (Wildman–Crippen MR) is 77.7 cm³/mol. The van der Waals surface area contributed by atoms with Gasteiger partial charge in [-0.25, -0.2) is 0 Å². The first-order valence-corrected chi connectivity index (χ1v) is 7.33. The Labute approximate surface area is 126 Å². The molecule has 6 heteroatoms. The number of aliphatic hydroxyl groups excluding tert-OH is 1. The van der Waals surface area contributed by atoms with Crippen LogP contribution in [-0.2, 0) is 9.53 Å². The van der Waals surface area contributed by atoms with Crippen LogP contribution in [-0.4, -0.2) is 48.8 Å². The van der Waals surface area contributed by atoms with Crippen molar-refractivity contribution in [3.8, 4) is 5.75 Å². The fourth-order valence-corrected chi connectivity index (χ4v) is 2.40. The minimum atomic E-state index is -0.652. The van der Waals surface area contributed by atoms with E-state index < -0.39 is 6.10 Å². The standard InChI is InChI=1S/C14H18BrNO4/c1-10(17)12-8-11(15)2-3-13(12)20-9-14(18)16-4-6-19-7-5-16/h2-3,8,10,17H,4-7,9H2,1H3/t10-/m1/s1. The molecule has 0 unspecified atom stereocenters. The molecule has 110 valence electrons. The summed E-state index contributed by atoms with van der Waals surface area (Å²) in [5.41, 5.74) is 0.661. The Morgan fingerprint density at radius 1 is 1.50 bits per heavy atom. The molecule has 5 nitrogen and oxygen atoms in total. The smallest absolute Gasteiger partial charge is 0.260 e. The SMILES string of the molecule is C[C@@H](O)c1cc(Br)ccc1OCC(=O)N1CCOCC1. The van der Waals surface area contributed by atoms with E-state index in [9.17, 15) is 9.90 Å². The number of morpholine rings is 1. The first-order valence-electron chi connectivity index (χ1n) is 6.54. The Balaban J connectivity index is 1.98.